The number of aliphatic hydroxyl groups is 1. The van der Waals surface area contributed by atoms with Crippen molar-refractivity contribution >= 4 is 41.3 Å². The zero-order chi connectivity index (χ0) is 34.4. The lowest BCUT2D eigenvalue weighted by Gasteiger charge is -2.38. The molecule has 1 heterocycles. The van der Waals surface area contributed by atoms with Gasteiger partial charge in [0.2, 0.25) is 0 Å². The lowest BCUT2D eigenvalue weighted by Crippen LogP contribution is -2.44. The minimum atomic E-state index is -3.55. The Bertz CT molecular complexity index is 1740. The standard InChI is InChI=1S/C35H50N4O5S2Si/c1-22(24-10-11-24)28-18-14-26-15-19-29(26)31(28)37-33(40)39-46(42,38-23(2)25-12-16-27(43-7)17-13-25)30-20-36-32(45-30)35(6,41)21-44-47(8,9)34(3,4)5/h12-14,16-18,20,22-24,41H,10-11,15,19,21H2,1-9H3,(H2,37,38,39,40,42). The van der Waals surface area contributed by atoms with Crippen LogP contribution in [0.2, 0.25) is 18.1 Å². The van der Waals surface area contributed by atoms with Crippen molar-refractivity contribution in [1.29, 1.82) is 0 Å². The highest BCUT2D eigenvalue weighted by atomic mass is 32.2. The topological polar surface area (TPSA) is 122 Å². The fourth-order valence-electron chi connectivity index (χ4n) is 5.50. The zero-order valence-electron chi connectivity index (χ0n) is 29.1. The molecule has 0 spiro atoms. The minimum Gasteiger partial charge on any atom is -0.497 e. The third-order valence-corrected chi connectivity index (χ3v) is 18.2. The van der Waals surface area contributed by atoms with Crippen LogP contribution >= 0.6 is 11.3 Å². The summed E-state index contributed by atoms with van der Waals surface area (Å²) in [5, 5.41) is 14.9. The number of carbonyl (C=O) groups excluding carboxylic acids is 1. The Morgan fingerprint density at radius 2 is 1.81 bits per heavy atom. The second-order valence-corrected chi connectivity index (χ2v) is 22.8. The predicted molar refractivity (Wildman–Crippen MR) is 192 cm³/mol. The van der Waals surface area contributed by atoms with Crippen molar-refractivity contribution in [1.82, 2.24) is 9.71 Å². The first-order chi connectivity index (χ1) is 21.9. The molecule has 3 N–H and O–H groups in total. The van der Waals surface area contributed by atoms with Gasteiger partial charge in [-0.2, -0.15) is 0 Å². The molecule has 9 nitrogen and oxygen atoms in total. The molecule has 1 aromatic heterocycles. The number of urea groups is 1. The maximum Gasteiger partial charge on any atom is 0.354 e. The lowest BCUT2D eigenvalue weighted by atomic mass is 9.82. The molecule has 0 bridgehead atoms. The number of ether oxygens (including phenoxy) is 1. The molecular formula is C35H50N4O5S2Si. The molecule has 2 aliphatic rings. The van der Waals surface area contributed by atoms with E-state index in [2.05, 4.69) is 72.3 Å². The van der Waals surface area contributed by atoms with Crippen molar-refractivity contribution in [3.63, 3.8) is 0 Å². The van der Waals surface area contributed by atoms with Gasteiger partial charge < -0.3 is 19.6 Å². The number of aryl methyl sites for hydroxylation is 1. The van der Waals surface area contributed by atoms with Crippen molar-refractivity contribution in [3.8, 4) is 5.75 Å². The molecule has 4 unspecified atom stereocenters. The number of nitrogens with one attached hydrogen (secondary N) is 2. The summed E-state index contributed by atoms with van der Waals surface area (Å²) in [4.78, 5) is 18.3. The molecule has 2 amide bonds. The highest BCUT2D eigenvalue weighted by Crippen LogP contribution is 2.47. The molecule has 0 aliphatic heterocycles. The normalized spacial score (nSPS) is 18.6. The summed E-state index contributed by atoms with van der Waals surface area (Å²) in [6.45, 7) is 16.5. The molecule has 0 saturated heterocycles. The van der Waals surface area contributed by atoms with Crippen molar-refractivity contribution in [3.05, 3.63) is 69.9 Å². The van der Waals surface area contributed by atoms with Crippen LogP contribution in [0.1, 0.15) is 93.6 Å². The molecule has 0 radical (unpaired) electrons. The molecule has 47 heavy (non-hydrogen) atoms. The summed E-state index contributed by atoms with van der Waals surface area (Å²) >= 11 is 1.08. The van der Waals surface area contributed by atoms with Crippen LogP contribution in [-0.2, 0) is 32.8 Å². The van der Waals surface area contributed by atoms with E-state index in [0.717, 1.165) is 46.6 Å². The Hall–Kier alpha value is -2.61. The van der Waals surface area contributed by atoms with Crippen LogP contribution < -0.4 is 14.8 Å². The van der Waals surface area contributed by atoms with Gasteiger partial charge >= 0.3 is 6.03 Å². The Morgan fingerprint density at radius 1 is 1.13 bits per heavy atom. The van der Waals surface area contributed by atoms with Gasteiger partial charge in [-0.25, -0.2) is 18.7 Å². The maximum atomic E-state index is 14.9. The number of rotatable bonds is 12. The fourth-order valence-corrected chi connectivity index (χ4v) is 9.55. The van der Waals surface area contributed by atoms with Gasteiger partial charge in [0.05, 0.1) is 19.9 Å². The number of thiazole rings is 1. The predicted octanol–water partition coefficient (Wildman–Crippen LogP) is 8.32. The van der Waals surface area contributed by atoms with Crippen LogP contribution in [0.3, 0.4) is 0 Å². The smallest absolute Gasteiger partial charge is 0.354 e. The largest absolute Gasteiger partial charge is 0.497 e. The average Bonchev–Trinajstić information content (AvgIpc) is 3.70. The van der Waals surface area contributed by atoms with E-state index in [1.807, 2.05) is 31.2 Å². The molecule has 12 heteroatoms. The number of aromatic nitrogens is 1. The summed E-state index contributed by atoms with van der Waals surface area (Å²) in [7, 11) is -4.11. The van der Waals surface area contributed by atoms with E-state index in [1.165, 1.54) is 24.6 Å². The van der Waals surface area contributed by atoms with Crippen molar-refractivity contribution in [2.75, 3.05) is 19.0 Å². The number of nitrogens with zero attached hydrogens (tertiary/aromatic N) is 2. The van der Waals surface area contributed by atoms with Gasteiger partial charge in [0.15, 0.2) is 18.2 Å². The first-order valence-corrected chi connectivity index (χ1v) is 21.6. The highest BCUT2D eigenvalue weighted by molar-refractivity contribution is 7.94. The van der Waals surface area contributed by atoms with Crippen molar-refractivity contribution < 1.29 is 23.3 Å². The van der Waals surface area contributed by atoms with E-state index >= 15 is 0 Å². The number of hydrogen-bond acceptors (Lipinski definition) is 7. The second kappa shape index (κ2) is 13.4. The first-order valence-electron chi connectivity index (χ1n) is 16.4. The zero-order valence-corrected chi connectivity index (χ0v) is 31.7. The van der Waals surface area contributed by atoms with Crippen LogP contribution in [0.4, 0.5) is 10.5 Å². The Morgan fingerprint density at radius 3 is 2.38 bits per heavy atom. The highest BCUT2D eigenvalue weighted by Gasteiger charge is 2.40. The molecule has 2 aliphatic carbocycles. The maximum absolute atomic E-state index is 14.9. The van der Waals surface area contributed by atoms with Gasteiger partial charge in [-0.3, -0.25) is 0 Å². The Labute approximate surface area is 285 Å². The van der Waals surface area contributed by atoms with E-state index in [-0.39, 0.29) is 15.9 Å². The van der Waals surface area contributed by atoms with Gasteiger partial charge in [0.25, 0.3) is 0 Å². The first kappa shape index (κ1) is 35.7. The summed E-state index contributed by atoms with van der Waals surface area (Å²) in [6.07, 6.45) is 5.70. The van der Waals surface area contributed by atoms with E-state index < -0.39 is 35.9 Å². The van der Waals surface area contributed by atoms with E-state index in [4.69, 9.17) is 9.16 Å². The van der Waals surface area contributed by atoms with Crippen LogP contribution in [0.5, 0.6) is 5.75 Å². The van der Waals surface area contributed by atoms with E-state index in [1.54, 1.807) is 14.0 Å². The van der Waals surface area contributed by atoms with Gasteiger partial charge in [0.1, 0.15) is 20.6 Å². The van der Waals surface area contributed by atoms with Crippen molar-refractivity contribution in [2.24, 2.45) is 10.3 Å². The van der Waals surface area contributed by atoms with Crippen LogP contribution in [-0.4, -0.2) is 42.4 Å². The van der Waals surface area contributed by atoms with Crippen LogP contribution in [0.25, 0.3) is 0 Å². The molecule has 5 rings (SSSR count). The third kappa shape index (κ3) is 7.84. The van der Waals surface area contributed by atoms with Crippen LogP contribution in [0, 0.1) is 5.92 Å². The fraction of sp³-hybridized carbons (Fsp3) is 0.543. The molecular weight excluding hydrogens is 649 g/mol. The van der Waals surface area contributed by atoms with Gasteiger partial charge in [0, 0.05) is 11.7 Å². The Kier molecular flexibility index (Phi) is 10.1. The lowest BCUT2D eigenvalue weighted by molar-refractivity contribution is 0.00244. The monoisotopic (exact) mass is 698 g/mol. The Balaban J connectivity index is 1.48. The summed E-state index contributed by atoms with van der Waals surface area (Å²) in [5.41, 5.74) is 3.71. The molecule has 1 saturated carbocycles. The average molecular weight is 699 g/mol. The summed E-state index contributed by atoms with van der Waals surface area (Å²) in [6, 6.07) is 10.6. The molecule has 3 aromatic rings. The number of anilines is 1. The number of carbonyl (C=O) groups is 1. The minimum absolute atomic E-state index is 0.0324. The third-order valence-electron chi connectivity index (χ3n) is 10.0. The van der Waals surface area contributed by atoms with Gasteiger partial charge in [-0.15, -0.1) is 15.7 Å². The molecule has 4 atom stereocenters. The quantitative estimate of drug-likeness (QED) is 0.164. The number of fused-ring (bicyclic) bond motifs is 1. The van der Waals surface area contributed by atoms with Crippen molar-refractivity contribution in [2.45, 2.75) is 107 Å². The van der Waals surface area contributed by atoms with Gasteiger partial charge in [-0.05, 0) is 104 Å². The number of methoxy groups -OCH3 is 1. The summed E-state index contributed by atoms with van der Waals surface area (Å²) < 4.78 is 34.3. The second-order valence-electron chi connectivity index (χ2n) is 14.8. The molecule has 2 aromatic carbocycles. The molecule has 256 valence electrons. The van der Waals surface area contributed by atoms with E-state index in [0.29, 0.717) is 22.6 Å². The SMILES string of the molecule is COc1ccc(C(C)NS(=O)(=NC(=O)Nc2c(C(C)C3CC3)ccc3c2CC3)c2cnc(C(C)(O)CO[Si](C)(C)C(C)(C)C)s2)cc1. The number of benzene rings is 2. The van der Waals surface area contributed by atoms with E-state index in [9.17, 15) is 14.1 Å². The number of hydrogen-bond donors (Lipinski definition) is 3. The number of amides is 2. The van der Waals surface area contributed by atoms with Crippen LogP contribution in [0.15, 0.2) is 51.2 Å². The van der Waals surface area contributed by atoms with Gasteiger partial charge in [-0.1, -0.05) is 52.0 Å². The molecule has 1 fully saturated rings. The summed E-state index contributed by atoms with van der Waals surface area (Å²) in [5.74, 6) is 1.63.